The van der Waals surface area contributed by atoms with Crippen molar-refractivity contribution in [3.05, 3.63) is 30.3 Å². The normalized spacial score (nSPS) is 11.7. The molecule has 0 saturated heterocycles. The highest BCUT2D eigenvalue weighted by Gasteiger charge is 2.16. The predicted molar refractivity (Wildman–Crippen MR) is 136 cm³/mol. The molecular weight excluding hydrogens is 364 g/mol. The second-order valence-electron chi connectivity index (χ2n) is 10.0. The highest BCUT2D eigenvalue weighted by molar-refractivity contribution is 5.46. The van der Waals surface area contributed by atoms with Gasteiger partial charge in [-0.05, 0) is 32.4 Å². The summed E-state index contributed by atoms with van der Waals surface area (Å²) in [4.78, 5) is 2.46. The van der Waals surface area contributed by atoms with Gasteiger partial charge in [0, 0.05) is 24.3 Å². The van der Waals surface area contributed by atoms with E-state index in [1.54, 1.807) is 0 Å². The standard InChI is InChI=1S/C28H52N2/c1-4-5-6-7-8-9-10-11-12-13-14-15-16-17-18-22-25-30(26-28(2,3)29)27-23-20-19-21-24-27/h19-21,23-24H,4-18,22,25-26,29H2,1-3H3. The number of nitrogens with two attached hydrogens (primary N) is 1. The molecule has 0 aliphatic heterocycles. The summed E-state index contributed by atoms with van der Waals surface area (Å²) in [7, 11) is 0. The lowest BCUT2D eigenvalue weighted by Crippen LogP contribution is -2.45. The quantitative estimate of drug-likeness (QED) is 0.216. The molecule has 0 fully saturated rings. The number of benzene rings is 1. The van der Waals surface area contributed by atoms with Gasteiger partial charge in [-0.25, -0.2) is 0 Å². The molecule has 1 aromatic rings. The molecule has 0 aliphatic rings. The Hall–Kier alpha value is -1.02. The monoisotopic (exact) mass is 416 g/mol. The maximum Gasteiger partial charge on any atom is 0.0366 e. The molecule has 2 N–H and O–H groups in total. The Bertz CT molecular complexity index is 477. The lowest BCUT2D eigenvalue weighted by molar-refractivity contribution is 0.494. The van der Waals surface area contributed by atoms with Gasteiger partial charge >= 0.3 is 0 Å². The highest BCUT2D eigenvalue weighted by Crippen LogP contribution is 2.18. The molecule has 0 radical (unpaired) electrons. The van der Waals surface area contributed by atoms with Gasteiger partial charge in [0.2, 0.25) is 0 Å². The summed E-state index contributed by atoms with van der Waals surface area (Å²) in [5.74, 6) is 0. The third kappa shape index (κ3) is 15.8. The van der Waals surface area contributed by atoms with Crippen molar-refractivity contribution in [2.75, 3.05) is 18.0 Å². The largest absolute Gasteiger partial charge is 0.370 e. The molecule has 0 saturated carbocycles. The molecule has 0 heterocycles. The molecule has 0 spiro atoms. The minimum absolute atomic E-state index is 0.162. The van der Waals surface area contributed by atoms with Gasteiger partial charge in [0.25, 0.3) is 0 Å². The van der Waals surface area contributed by atoms with Crippen LogP contribution in [-0.4, -0.2) is 18.6 Å². The van der Waals surface area contributed by atoms with Gasteiger partial charge in [-0.15, -0.1) is 0 Å². The zero-order valence-electron chi connectivity index (χ0n) is 20.6. The summed E-state index contributed by atoms with van der Waals surface area (Å²) < 4.78 is 0. The summed E-state index contributed by atoms with van der Waals surface area (Å²) in [5, 5.41) is 0. The van der Waals surface area contributed by atoms with Crippen LogP contribution in [0.15, 0.2) is 30.3 Å². The molecule has 174 valence electrons. The van der Waals surface area contributed by atoms with Crippen LogP contribution < -0.4 is 10.6 Å². The Kier molecular flexibility index (Phi) is 15.9. The summed E-state index contributed by atoms with van der Waals surface area (Å²) >= 11 is 0. The number of para-hydroxylation sites is 1. The van der Waals surface area contributed by atoms with Crippen LogP contribution in [0.2, 0.25) is 0 Å². The fourth-order valence-electron chi connectivity index (χ4n) is 4.28. The second-order valence-corrected chi connectivity index (χ2v) is 10.0. The van der Waals surface area contributed by atoms with Crippen molar-refractivity contribution in [2.45, 2.75) is 129 Å². The number of unbranched alkanes of at least 4 members (excludes halogenated alkanes) is 15. The van der Waals surface area contributed by atoms with Gasteiger partial charge in [0.15, 0.2) is 0 Å². The molecule has 2 heteroatoms. The van der Waals surface area contributed by atoms with Crippen molar-refractivity contribution >= 4 is 5.69 Å². The first kappa shape index (κ1) is 27.0. The van der Waals surface area contributed by atoms with Crippen LogP contribution in [0.5, 0.6) is 0 Å². The molecule has 0 amide bonds. The Morgan fingerprint density at radius 3 is 1.43 bits per heavy atom. The molecule has 1 rings (SSSR count). The van der Waals surface area contributed by atoms with Gasteiger partial charge in [0.1, 0.15) is 0 Å². The molecule has 0 unspecified atom stereocenters. The summed E-state index contributed by atoms with van der Waals surface area (Å²) in [6, 6.07) is 10.7. The summed E-state index contributed by atoms with van der Waals surface area (Å²) in [6.07, 6.45) is 22.7. The first-order valence-corrected chi connectivity index (χ1v) is 13.1. The Labute approximate surface area is 189 Å². The molecule has 2 nitrogen and oxygen atoms in total. The lowest BCUT2D eigenvalue weighted by atomic mass is 10.0. The van der Waals surface area contributed by atoms with E-state index in [4.69, 9.17) is 5.73 Å². The van der Waals surface area contributed by atoms with Gasteiger partial charge in [-0.3, -0.25) is 0 Å². The van der Waals surface area contributed by atoms with E-state index in [0.29, 0.717) is 0 Å². The Morgan fingerprint density at radius 1 is 0.633 bits per heavy atom. The Morgan fingerprint density at radius 2 is 1.03 bits per heavy atom. The van der Waals surface area contributed by atoms with E-state index in [-0.39, 0.29) is 5.54 Å². The van der Waals surface area contributed by atoms with E-state index < -0.39 is 0 Å². The lowest BCUT2D eigenvalue weighted by Gasteiger charge is -2.31. The van der Waals surface area contributed by atoms with E-state index in [1.165, 1.54) is 108 Å². The topological polar surface area (TPSA) is 29.3 Å². The minimum Gasteiger partial charge on any atom is -0.370 e. The van der Waals surface area contributed by atoms with E-state index in [2.05, 4.69) is 56.0 Å². The van der Waals surface area contributed by atoms with Gasteiger partial charge < -0.3 is 10.6 Å². The fraction of sp³-hybridized carbons (Fsp3) is 0.786. The van der Waals surface area contributed by atoms with Crippen molar-refractivity contribution in [3.8, 4) is 0 Å². The Balaban J connectivity index is 1.96. The number of hydrogen-bond donors (Lipinski definition) is 1. The maximum atomic E-state index is 6.29. The summed E-state index contributed by atoms with van der Waals surface area (Å²) in [6.45, 7) is 8.56. The van der Waals surface area contributed by atoms with Crippen LogP contribution >= 0.6 is 0 Å². The molecule has 0 atom stereocenters. The summed E-state index contributed by atoms with van der Waals surface area (Å²) in [5.41, 5.74) is 7.43. The molecule has 0 aromatic heterocycles. The molecule has 30 heavy (non-hydrogen) atoms. The maximum absolute atomic E-state index is 6.29. The van der Waals surface area contributed by atoms with Gasteiger partial charge in [-0.2, -0.15) is 0 Å². The van der Waals surface area contributed by atoms with E-state index in [1.807, 2.05) is 0 Å². The third-order valence-corrected chi connectivity index (χ3v) is 6.00. The van der Waals surface area contributed by atoms with Crippen molar-refractivity contribution in [1.29, 1.82) is 0 Å². The molecular formula is C28H52N2. The fourth-order valence-corrected chi connectivity index (χ4v) is 4.28. The number of rotatable bonds is 20. The van der Waals surface area contributed by atoms with E-state index in [0.717, 1.165) is 13.1 Å². The molecule has 0 bridgehead atoms. The smallest absolute Gasteiger partial charge is 0.0366 e. The second kappa shape index (κ2) is 17.6. The first-order chi connectivity index (χ1) is 14.5. The number of nitrogens with zero attached hydrogens (tertiary/aromatic N) is 1. The van der Waals surface area contributed by atoms with E-state index in [9.17, 15) is 0 Å². The van der Waals surface area contributed by atoms with Crippen LogP contribution in [0.4, 0.5) is 5.69 Å². The van der Waals surface area contributed by atoms with Crippen molar-refractivity contribution in [3.63, 3.8) is 0 Å². The zero-order valence-corrected chi connectivity index (χ0v) is 20.6. The van der Waals surface area contributed by atoms with Crippen molar-refractivity contribution < 1.29 is 0 Å². The average molecular weight is 417 g/mol. The van der Waals surface area contributed by atoms with Crippen LogP contribution in [-0.2, 0) is 0 Å². The molecule has 0 aliphatic carbocycles. The first-order valence-electron chi connectivity index (χ1n) is 13.1. The van der Waals surface area contributed by atoms with Crippen molar-refractivity contribution in [2.24, 2.45) is 5.73 Å². The highest BCUT2D eigenvalue weighted by atomic mass is 15.1. The molecule has 1 aromatic carbocycles. The predicted octanol–water partition coefficient (Wildman–Crippen LogP) is 8.49. The van der Waals surface area contributed by atoms with Gasteiger partial charge in [-0.1, -0.05) is 121 Å². The average Bonchev–Trinajstić information content (AvgIpc) is 2.72. The third-order valence-electron chi connectivity index (χ3n) is 6.00. The van der Waals surface area contributed by atoms with Gasteiger partial charge in [0.05, 0.1) is 0 Å². The van der Waals surface area contributed by atoms with Crippen molar-refractivity contribution in [1.82, 2.24) is 0 Å². The van der Waals surface area contributed by atoms with Crippen LogP contribution in [0.1, 0.15) is 124 Å². The van der Waals surface area contributed by atoms with E-state index >= 15 is 0 Å². The van der Waals surface area contributed by atoms with Crippen LogP contribution in [0, 0.1) is 0 Å². The number of hydrogen-bond acceptors (Lipinski definition) is 2. The van der Waals surface area contributed by atoms with Crippen LogP contribution in [0.25, 0.3) is 0 Å². The van der Waals surface area contributed by atoms with Crippen LogP contribution in [0.3, 0.4) is 0 Å². The SMILES string of the molecule is CCCCCCCCCCCCCCCCCCN(CC(C)(C)N)c1ccccc1. The zero-order chi connectivity index (χ0) is 21.9. The minimum atomic E-state index is -0.162. The number of anilines is 1.